The van der Waals surface area contributed by atoms with Crippen molar-refractivity contribution in [3.05, 3.63) is 102 Å². The smallest absolute Gasteiger partial charge is 0.315 e. The second-order valence-electron chi connectivity index (χ2n) is 17.2. The Morgan fingerprint density at radius 3 is 1.69 bits per heavy atom. The number of hydrogen-bond donors (Lipinski definition) is 7. The van der Waals surface area contributed by atoms with E-state index in [1.54, 1.807) is 5.01 Å². The van der Waals surface area contributed by atoms with Gasteiger partial charge < -0.3 is 45.9 Å². The van der Waals surface area contributed by atoms with Crippen LogP contribution < -0.4 is 36.7 Å². The highest BCUT2D eigenvalue weighted by Gasteiger charge is 2.31. The second kappa shape index (κ2) is 27.2. The van der Waals surface area contributed by atoms with E-state index in [2.05, 4.69) is 41.8 Å². The lowest BCUT2D eigenvalue weighted by molar-refractivity contribution is -0.129. The van der Waals surface area contributed by atoms with E-state index in [1.807, 2.05) is 113 Å². The molecule has 0 bridgehead atoms. The molecule has 6 amide bonds. The summed E-state index contributed by atoms with van der Waals surface area (Å²) < 4.78 is 16.8. The molecule has 5 rings (SSSR count). The van der Waals surface area contributed by atoms with Gasteiger partial charge >= 0.3 is 12.1 Å². The molecule has 2 aliphatic rings. The van der Waals surface area contributed by atoms with Crippen LogP contribution in [0.4, 0.5) is 9.59 Å². The van der Waals surface area contributed by atoms with Gasteiger partial charge in [0, 0.05) is 65.4 Å². The SMILES string of the molecule is CC(C)C(NC(=O)NCCN1CCOCC1)C(=O)NC(c1ccccc1)C(O)CCN(Cc1ccc(OCc2ccccc2)cc1)NC(=O)C(NC(=O)NCCN1CCOCC1)C(C)C. The third kappa shape index (κ3) is 17.9. The minimum absolute atomic E-state index is 0.127. The molecule has 356 valence electrons. The molecule has 2 saturated heterocycles. The number of aliphatic hydroxyl groups is 1. The van der Waals surface area contributed by atoms with Crippen LogP contribution in [0.15, 0.2) is 84.9 Å². The normalized spacial score (nSPS) is 16.6. The summed E-state index contributed by atoms with van der Waals surface area (Å²) in [5.41, 5.74) is 5.61. The van der Waals surface area contributed by atoms with Crippen molar-refractivity contribution in [1.29, 1.82) is 0 Å². The Balaban J connectivity index is 1.25. The lowest BCUT2D eigenvalue weighted by Gasteiger charge is -2.31. The van der Waals surface area contributed by atoms with Gasteiger partial charge in [0.15, 0.2) is 0 Å². The summed E-state index contributed by atoms with van der Waals surface area (Å²) in [4.78, 5) is 58.5. The highest BCUT2D eigenvalue weighted by molar-refractivity contribution is 5.88. The maximum Gasteiger partial charge on any atom is 0.315 e. The summed E-state index contributed by atoms with van der Waals surface area (Å²) in [6.45, 7) is 16.3. The molecular weight excluding hydrogens is 831 g/mol. The Morgan fingerprint density at radius 2 is 1.17 bits per heavy atom. The zero-order valence-electron chi connectivity index (χ0n) is 38.5. The summed E-state index contributed by atoms with van der Waals surface area (Å²) in [6, 6.07) is 23.1. The molecule has 3 aromatic carbocycles. The van der Waals surface area contributed by atoms with Crippen LogP contribution in [0.1, 0.15) is 56.8 Å². The standard InChI is InChI=1S/C48H71N9O8/c1-35(2)42(52-47(61)49-20-23-55-25-29-63-30-26-55)45(59)51-44(39-13-9-6-10-14-39)41(58)19-22-57(33-37-15-17-40(18-16-37)65-34-38-11-7-5-8-12-38)54-46(60)43(36(3)4)53-48(62)50-21-24-56-27-31-64-32-28-56/h5-18,35-36,41-44,58H,19-34H2,1-4H3,(H,51,59)(H,54,60)(H2,49,52,61)(H2,50,53,62). The number of hydrazine groups is 1. The maximum atomic E-state index is 14.0. The number of benzene rings is 3. The van der Waals surface area contributed by atoms with Crippen LogP contribution in [0, 0.1) is 11.8 Å². The van der Waals surface area contributed by atoms with E-state index in [0.29, 0.717) is 70.5 Å². The summed E-state index contributed by atoms with van der Waals surface area (Å²) in [5, 5.41) is 28.1. The lowest BCUT2D eigenvalue weighted by Crippen LogP contribution is -2.57. The molecule has 2 fully saturated rings. The van der Waals surface area contributed by atoms with Gasteiger partial charge in [-0.2, -0.15) is 0 Å². The fraction of sp³-hybridized carbons (Fsp3) is 0.542. The lowest BCUT2D eigenvalue weighted by atomic mass is 9.97. The van der Waals surface area contributed by atoms with E-state index < -0.39 is 48.1 Å². The predicted molar refractivity (Wildman–Crippen MR) is 249 cm³/mol. The quantitative estimate of drug-likeness (QED) is 0.0653. The number of urea groups is 2. The van der Waals surface area contributed by atoms with Crippen LogP contribution in [-0.2, 0) is 32.2 Å². The molecular formula is C48H71N9O8. The van der Waals surface area contributed by atoms with Gasteiger partial charge in [-0.1, -0.05) is 100 Å². The number of amides is 6. The first kappa shape index (κ1) is 50.7. The molecule has 0 aliphatic carbocycles. The largest absolute Gasteiger partial charge is 0.489 e. The Hall–Kier alpha value is -5.30. The average molecular weight is 902 g/mol. The Kier molecular flexibility index (Phi) is 21.2. The van der Waals surface area contributed by atoms with Gasteiger partial charge in [-0.05, 0) is 47.1 Å². The fourth-order valence-corrected chi connectivity index (χ4v) is 7.57. The van der Waals surface area contributed by atoms with Crippen molar-refractivity contribution in [2.24, 2.45) is 11.8 Å². The van der Waals surface area contributed by atoms with Gasteiger partial charge in [0.05, 0.1) is 38.6 Å². The second-order valence-corrected chi connectivity index (χ2v) is 17.2. The third-order valence-electron chi connectivity index (χ3n) is 11.5. The number of morpholine rings is 2. The monoisotopic (exact) mass is 902 g/mol. The average Bonchev–Trinajstić information content (AvgIpc) is 3.31. The van der Waals surface area contributed by atoms with Crippen LogP contribution in [0.3, 0.4) is 0 Å². The number of aliphatic hydroxyl groups excluding tert-OH is 1. The van der Waals surface area contributed by atoms with Gasteiger partial charge in [0.25, 0.3) is 5.91 Å². The van der Waals surface area contributed by atoms with E-state index in [4.69, 9.17) is 14.2 Å². The van der Waals surface area contributed by atoms with E-state index in [-0.39, 0.29) is 31.3 Å². The molecule has 2 heterocycles. The number of nitrogens with one attached hydrogen (secondary N) is 6. The van der Waals surface area contributed by atoms with Crippen LogP contribution >= 0.6 is 0 Å². The molecule has 65 heavy (non-hydrogen) atoms. The van der Waals surface area contributed by atoms with Crippen molar-refractivity contribution in [1.82, 2.24) is 46.8 Å². The molecule has 0 saturated carbocycles. The first-order valence-electron chi connectivity index (χ1n) is 23.0. The summed E-state index contributed by atoms with van der Waals surface area (Å²) in [6.07, 6.45) is -0.983. The van der Waals surface area contributed by atoms with Crippen molar-refractivity contribution in [2.45, 2.75) is 71.5 Å². The van der Waals surface area contributed by atoms with Crippen LogP contribution in [0.25, 0.3) is 0 Å². The van der Waals surface area contributed by atoms with Crippen LogP contribution in [0.5, 0.6) is 5.75 Å². The highest BCUT2D eigenvalue weighted by Crippen LogP contribution is 2.22. The van der Waals surface area contributed by atoms with Gasteiger partial charge in [-0.25, -0.2) is 14.6 Å². The van der Waals surface area contributed by atoms with Crippen LogP contribution in [0.2, 0.25) is 0 Å². The molecule has 7 N–H and O–H groups in total. The molecule has 2 aliphatic heterocycles. The van der Waals surface area contributed by atoms with E-state index >= 15 is 0 Å². The summed E-state index contributed by atoms with van der Waals surface area (Å²) in [5.74, 6) is -0.676. The molecule has 3 aromatic rings. The van der Waals surface area contributed by atoms with Gasteiger partial charge in [0.1, 0.15) is 24.4 Å². The maximum absolute atomic E-state index is 14.0. The zero-order chi connectivity index (χ0) is 46.4. The van der Waals surface area contributed by atoms with Crippen LogP contribution in [-0.4, -0.2) is 147 Å². The van der Waals surface area contributed by atoms with Crippen molar-refractivity contribution < 1.29 is 38.5 Å². The van der Waals surface area contributed by atoms with Crippen molar-refractivity contribution in [2.75, 3.05) is 85.3 Å². The van der Waals surface area contributed by atoms with Crippen molar-refractivity contribution in [3.8, 4) is 5.75 Å². The molecule has 0 aromatic heterocycles. The summed E-state index contributed by atoms with van der Waals surface area (Å²) >= 11 is 0. The molecule has 4 unspecified atom stereocenters. The highest BCUT2D eigenvalue weighted by atomic mass is 16.5. The van der Waals surface area contributed by atoms with Gasteiger partial charge in [-0.3, -0.25) is 24.8 Å². The number of hydrogen-bond acceptors (Lipinski definition) is 11. The topological polar surface area (TPSA) is 198 Å². The molecule has 0 spiro atoms. The number of rotatable bonds is 24. The molecule has 4 atom stereocenters. The number of carbonyl (C=O) groups excluding carboxylic acids is 4. The van der Waals surface area contributed by atoms with E-state index in [9.17, 15) is 24.3 Å². The van der Waals surface area contributed by atoms with E-state index in [0.717, 1.165) is 37.3 Å². The Morgan fingerprint density at radius 1 is 0.662 bits per heavy atom. The number of carbonyl (C=O) groups is 4. The van der Waals surface area contributed by atoms with Crippen molar-refractivity contribution >= 4 is 23.9 Å². The predicted octanol–water partition coefficient (Wildman–Crippen LogP) is 3.02. The first-order valence-corrected chi connectivity index (χ1v) is 23.0. The molecule has 0 radical (unpaired) electrons. The van der Waals surface area contributed by atoms with Gasteiger partial charge in [-0.15, -0.1) is 0 Å². The first-order chi connectivity index (χ1) is 31.4. The number of ether oxygens (including phenoxy) is 3. The zero-order valence-corrected chi connectivity index (χ0v) is 38.5. The number of nitrogens with zero attached hydrogens (tertiary/aromatic N) is 3. The fourth-order valence-electron chi connectivity index (χ4n) is 7.57. The third-order valence-corrected chi connectivity index (χ3v) is 11.5. The minimum Gasteiger partial charge on any atom is -0.489 e. The Bertz CT molecular complexity index is 1860. The Labute approximate surface area is 384 Å². The van der Waals surface area contributed by atoms with E-state index in [1.165, 1.54) is 0 Å². The van der Waals surface area contributed by atoms with Crippen molar-refractivity contribution in [3.63, 3.8) is 0 Å². The van der Waals surface area contributed by atoms with Gasteiger partial charge in [0.2, 0.25) is 5.91 Å². The molecule has 17 nitrogen and oxygen atoms in total. The minimum atomic E-state index is -1.11. The summed E-state index contributed by atoms with van der Waals surface area (Å²) in [7, 11) is 0. The molecule has 17 heteroatoms.